The van der Waals surface area contributed by atoms with Gasteiger partial charge in [0.1, 0.15) is 18.4 Å². The molecule has 170 valence electrons. The largest absolute Gasteiger partial charge is 0.514 e. The molecule has 0 spiro atoms. The molecule has 2 aromatic rings. The minimum Gasteiger partial charge on any atom is -0.429 e. The first-order valence-corrected chi connectivity index (χ1v) is 9.53. The second-order valence-corrected chi connectivity index (χ2v) is 6.57. The third-order valence-electron chi connectivity index (χ3n) is 4.16. The third-order valence-corrected chi connectivity index (χ3v) is 4.16. The van der Waals surface area contributed by atoms with E-state index in [0.717, 1.165) is 0 Å². The fraction of sp³-hybridized carbons (Fsp3) is 0.250. The topological polar surface area (TPSA) is 189 Å². The van der Waals surface area contributed by atoms with E-state index in [4.69, 9.17) is 20.9 Å². The Bertz CT molecular complexity index is 948. The van der Waals surface area contributed by atoms with Crippen LogP contribution in [0, 0.1) is 10.1 Å². The summed E-state index contributed by atoms with van der Waals surface area (Å²) in [6, 6.07) is 9.81. The maximum absolute atomic E-state index is 12.3. The third kappa shape index (κ3) is 7.91. The van der Waals surface area contributed by atoms with Crippen molar-refractivity contribution in [3.05, 3.63) is 64.2 Å². The lowest BCUT2D eigenvalue weighted by Gasteiger charge is -2.17. The number of non-ortho nitro benzene ring substituents is 1. The summed E-state index contributed by atoms with van der Waals surface area (Å²) in [6.07, 6.45) is -0.102. The highest BCUT2D eigenvalue weighted by molar-refractivity contribution is 5.96. The fourth-order valence-corrected chi connectivity index (χ4v) is 2.58. The number of nitrogens with two attached hydrogens (primary N) is 2. The number of ether oxygens (including phenoxy) is 2. The van der Waals surface area contributed by atoms with Gasteiger partial charge in [0.25, 0.3) is 5.69 Å². The Labute approximate surface area is 183 Å². The molecular weight excluding hydrogens is 422 g/mol. The summed E-state index contributed by atoms with van der Waals surface area (Å²) in [5, 5.41) is 15.7. The molecule has 2 aromatic carbocycles. The minimum absolute atomic E-state index is 0.0948. The summed E-state index contributed by atoms with van der Waals surface area (Å²) in [4.78, 5) is 45.2. The van der Waals surface area contributed by atoms with Crippen molar-refractivity contribution in [2.45, 2.75) is 25.5 Å². The number of urea groups is 1. The molecule has 0 aliphatic heterocycles. The molecule has 0 aliphatic carbocycles. The molecule has 6 N–H and O–H groups in total. The number of nitro benzene ring substituents is 1. The monoisotopic (exact) mass is 445 g/mol. The van der Waals surface area contributed by atoms with Crippen LogP contribution in [-0.4, -0.2) is 35.6 Å². The Morgan fingerprint density at radius 2 is 1.72 bits per heavy atom. The number of rotatable bonds is 10. The number of nitro groups is 1. The molecule has 12 heteroatoms. The lowest BCUT2D eigenvalue weighted by Crippen LogP contribution is -2.46. The van der Waals surface area contributed by atoms with E-state index in [-0.39, 0.29) is 18.0 Å². The van der Waals surface area contributed by atoms with Gasteiger partial charge in [0.05, 0.1) is 4.92 Å². The van der Waals surface area contributed by atoms with Gasteiger partial charge < -0.3 is 31.6 Å². The molecule has 0 aliphatic rings. The zero-order valence-corrected chi connectivity index (χ0v) is 17.0. The summed E-state index contributed by atoms with van der Waals surface area (Å²) in [5.74, 6) is -0.333. The normalized spacial score (nSPS) is 11.2. The number of anilines is 1. The maximum Gasteiger partial charge on any atom is 0.514 e. The molecule has 0 fully saturated rings. The molecular formula is C20H23N5O7. The van der Waals surface area contributed by atoms with Crippen molar-refractivity contribution in [1.82, 2.24) is 5.32 Å². The van der Waals surface area contributed by atoms with Gasteiger partial charge in [-0.3, -0.25) is 14.9 Å². The van der Waals surface area contributed by atoms with E-state index in [1.807, 2.05) is 0 Å². The van der Waals surface area contributed by atoms with Gasteiger partial charge in [-0.1, -0.05) is 12.1 Å². The van der Waals surface area contributed by atoms with Gasteiger partial charge in [-0.25, -0.2) is 9.59 Å². The molecule has 0 unspecified atom stereocenters. The number of nitrogens with zero attached hydrogens (tertiary/aromatic N) is 1. The van der Waals surface area contributed by atoms with E-state index in [0.29, 0.717) is 30.6 Å². The standard InChI is InChI=1S/C20H23N5O7/c21-11-1-2-17(24-19(22)27)18(26)23-14-5-3-13(4-6-14)12-31-20(28)32-16-9-7-15(8-10-16)25(29)30/h3-10,17H,1-2,11-12,21H2,(H,23,26)(H3,22,24,27)/t17-/m0/s1. The molecule has 0 bridgehead atoms. The Hall–Kier alpha value is -4.19. The molecule has 0 radical (unpaired) electrons. The van der Waals surface area contributed by atoms with Crippen LogP contribution in [0.25, 0.3) is 0 Å². The zero-order valence-electron chi connectivity index (χ0n) is 17.0. The number of hydrogen-bond acceptors (Lipinski definition) is 8. The van der Waals surface area contributed by atoms with Crippen molar-refractivity contribution in [3.63, 3.8) is 0 Å². The molecule has 12 nitrogen and oxygen atoms in total. The van der Waals surface area contributed by atoms with Crippen LogP contribution in [0.5, 0.6) is 5.75 Å². The van der Waals surface area contributed by atoms with Gasteiger partial charge in [-0.15, -0.1) is 0 Å². The lowest BCUT2D eigenvalue weighted by atomic mass is 10.1. The van der Waals surface area contributed by atoms with E-state index >= 15 is 0 Å². The van der Waals surface area contributed by atoms with E-state index in [2.05, 4.69) is 10.6 Å². The fourth-order valence-electron chi connectivity index (χ4n) is 2.58. The summed E-state index contributed by atoms with van der Waals surface area (Å²) >= 11 is 0. The summed E-state index contributed by atoms with van der Waals surface area (Å²) in [6.45, 7) is 0.272. The van der Waals surface area contributed by atoms with Gasteiger partial charge in [-0.2, -0.15) is 0 Å². The van der Waals surface area contributed by atoms with Crippen LogP contribution in [0.4, 0.5) is 21.0 Å². The highest BCUT2D eigenvalue weighted by Gasteiger charge is 2.19. The first kappa shape index (κ1) is 24.1. The summed E-state index contributed by atoms with van der Waals surface area (Å²) < 4.78 is 9.94. The van der Waals surface area contributed by atoms with E-state index < -0.39 is 29.1 Å². The van der Waals surface area contributed by atoms with Crippen molar-refractivity contribution >= 4 is 29.5 Å². The summed E-state index contributed by atoms with van der Waals surface area (Å²) in [7, 11) is 0. The number of nitrogens with one attached hydrogen (secondary N) is 2. The molecule has 0 heterocycles. The number of hydrogen-bond donors (Lipinski definition) is 4. The average Bonchev–Trinajstić information content (AvgIpc) is 2.76. The maximum atomic E-state index is 12.3. The average molecular weight is 445 g/mol. The van der Waals surface area contributed by atoms with Crippen LogP contribution in [0.3, 0.4) is 0 Å². The van der Waals surface area contributed by atoms with Gasteiger partial charge in [0, 0.05) is 17.8 Å². The van der Waals surface area contributed by atoms with Gasteiger partial charge in [0.15, 0.2) is 0 Å². The molecule has 0 saturated carbocycles. The van der Waals surface area contributed by atoms with Crippen LogP contribution < -0.4 is 26.8 Å². The Morgan fingerprint density at radius 1 is 1.06 bits per heavy atom. The van der Waals surface area contributed by atoms with Crippen LogP contribution in [0.15, 0.2) is 48.5 Å². The molecule has 1 atom stereocenters. The molecule has 2 rings (SSSR count). The van der Waals surface area contributed by atoms with E-state index in [1.165, 1.54) is 24.3 Å². The number of carbonyl (C=O) groups is 3. The second kappa shape index (κ2) is 11.9. The first-order valence-electron chi connectivity index (χ1n) is 9.53. The lowest BCUT2D eigenvalue weighted by molar-refractivity contribution is -0.384. The van der Waals surface area contributed by atoms with Crippen molar-refractivity contribution in [3.8, 4) is 5.75 Å². The van der Waals surface area contributed by atoms with Crippen molar-refractivity contribution in [2.75, 3.05) is 11.9 Å². The molecule has 0 saturated heterocycles. The predicted molar refractivity (Wildman–Crippen MR) is 114 cm³/mol. The number of amides is 3. The Balaban J connectivity index is 1.84. The van der Waals surface area contributed by atoms with Crippen molar-refractivity contribution in [1.29, 1.82) is 0 Å². The molecule has 0 aromatic heterocycles. The summed E-state index contributed by atoms with van der Waals surface area (Å²) in [5.41, 5.74) is 11.5. The van der Waals surface area contributed by atoms with Crippen LogP contribution in [0.2, 0.25) is 0 Å². The van der Waals surface area contributed by atoms with E-state index in [1.54, 1.807) is 24.3 Å². The van der Waals surface area contributed by atoms with Crippen LogP contribution in [-0.2, 0) is 16.1 Å². The highest BCUT2D eigenvalue weighted by atomic mass is 16.7. The van der Waals surface area contributed by atoms with Crippen molar-refractivity contribution < 1.29 is 28.8 Å². The van der Waals surface area contributed by atoms with Gasteiger partial charge in [0.2, 0.25) is 5.91 Å². The number of carbonyl (C=O) groups excluding carboxylic acids is 3. The smallest absolute Gasteiger partial charge is 0.429 e. The number of primary amides is 1. The zero-order chi connectivity index (χ0) is 23.5. The predicted octanol–water partition coefficient (Wildman–Crippen LogP) is 2.02. The quantitative estimate of drug-likeness (QED) is 0.185. The Morgan fingerprint density at radius 3 is 2.28 bits per heavy atom. The first-order chi connectivity index (χ1) is 15.3. The SMILES string of the molecule is NCCC[C@H](NC(N)=O)C(=O)Nc1ccc(COC(=O)Oc2ccc([N+](=O)[O-])cc2)cc1. The highest BCUT2D eigenvalue weighted by Crippen LogP contribution is 2.18. The molecule has 3 amide bonds. The second-order valence-electron chi connectivity index (χ2n) is 6.57. The van der Waals surface area contributed by atoms with Gasteiger partial charge >= 0.3 is 12.2 Å². The van der Waals surface area contributed by atoms with Crippen molar-refractivity contribution in [2.24, 2.45) is 11.5 Å². The van der Waals surface area contributed by atoms with Gasteiger partial charge in [-0.05, 0) is 49.2 Å². The van der Waals surface area contributed by atoms with E-state index in [9.17, 15) is 24.5 Å². The minimum atomic E-state index is -0.975. The molecule has 32 heavy (non-hydrogen) atoms. The number of benzene rings is 2. The van der Waals surface area contributed by atoms with Crippen LogP contribution >= 0.6 is 0 Å². The van der Waals surface area contributed by atoms with Crippen LogP contribution in [0.1, 0.15) is 18.4 Å². The Kier molecular flexibility index (Phi) is 8.92.